The summed E-state index contributed by atoms with van der Waals surface area (Å²) in [5, 5.41) is 8.84. The van der Waals surface area contributed by atoms with E-state index in [1.54, 1.807) is 6.07 Å². The van der Waals surface area contributed by atoms with Gasteiger partial charge < -0.3 is 9.52 Å². The Balaban J connectivity index is 2.44. The lowest BCUT2D eigenvalue weighted by Crippen LogP contribution is -2.27. The van der Waals surface area contributed by atoms with Crippen LogP contribution in [0.2, 0.25) is 5.02 Å². The summed E-state index contributed by atoms with van der Waals surface area (Å²) in [6.07, 6.45) is -5.04. The second-order valence-electron chi connectivity index (χ2n) is 4.32. The highest BCUT2D eigenvalue weighted by Crippen LogP contribution is 2.34. The first-order valence-corrected chi connectivity index (χ1v) is 6.34. The minimum absolute atomic E-state index is 0.000278. The van der Waals surface area contributed by atoms with Crippen molar-refractivity contribution in [2.24, 2.45) is 0 Å². The second-order valence-corrected chi connectivity index (χ2v) is 4.73. The van der Waals surface area contributed by atoms with Crippen LogP contribution in [0.25, 0.3) is 0 Å². The number of oxazole rings is 1. The number of carbonyl (C=O) groups is 2. The number of hydrogen-bond donors (Lipinski definition) is 1. The molecule has 10 heteroatoms. The van der Waals surface area contributed by atoms with E-state index in [4.69, 9.17) is 16.7 Å². The fraction of sp³-hybridized carbons (Fsp3) is 0.154. The summed E-state index contributed by atoms with van der Waals surface area (Å²) in [7, 11) is 1.09. The molecule has 1 amide bonds. The van der Waals surface area contributed by atoms with E-state index >= 15 is 0 Å². The standard InChI is InChI=1S/C13H8ClF3N2O4/c1-19(10(20)6-4-2-3-5-7(6)14)12-18-9(13(15,16)17)8(23-12)11(21)22/h2-5H,1H3,(H,21,22). The van der Waals surface area contributed by atoms with Crippen molar-refractivity contribution in [1.82, 2.24) is 4.98 Å². The van der Waals surface area contributed by atoms with Crippen LogP contribution in [0.5, 0.6) is 0 Å². The van der Waals surface area contributed by atoms with Gasteiger partial charge in [0.25, 0.3) is 5.91 Å². The van der Waals surface area contributed by atoms with E-state index in [2.05, 4.69) is 9.40 Å². The molecule has 0 saturated carbocycles. The third kappa shape index (κ3) is 3.29. The summed E-state index contributed by atoms with van der Waals surface area (Å²) < 4.78 is 42.9. The quantitative estimate of drug-likeness (QED) is 0.919. The number of rotatable bonds is 3. The van der Waals surface area contributed by atoms with Crippen LogP contribution in [0.1, 0.15) is 26.6 Å². The number of aromatic carboxylic acids is 1. The fourth-order valence-corrected chi connectivity index (χ4v) is 1.91. The molecule has 1 aromatic heterocycles. The number of anilines is 1. The van der Waals surface area contributed by atoms with Gasteiger partial charge in [0.1, 0.15) is 0 Å². The summed E-state index contributed by atoms with van der Waals surface area (Å²) in [5.41, 5.74) is -1.72. The molecule has 0 atom stereocenters. The Kier molecular flexibility index (Phi) is 4.33. The molecule has 0 fully saturated rings. The molecule has 1 aromatic carbocycles. The van der Waals surface area contributed by atoms with Crippen LogP contribution in [-0.4, -0.2) is 29.0 Å². The number of amides is 1. The van der Waals surface area contributed by atoms with Gasteiger partial charge in [-0.2, -0.15) is 18.2 Å². The summed E-state index contributed by atoms with van der Waals surface area (Å²) >= 11 is 5.84. The van der Waals surface area contributed by atoms with Crippen LogP contribution >= 0.6 is 11.6 Å². The first-order valence-electron chi connectivity index (χ1n) is 5.97. The normalized spacial score (nSPS) is 11.3. The first-order chi connectivity index (χ1) is 10.6. The topological polar surface area (TPSA) is 83.6 Å². The number of alkyl halides is 3. The summed E-state index contributed by atoms with van der Waals surface area (Å²) in [6.45, 7) is 0. The lowest BCUT2D eigenvalue weighted by atomic mass is 10.2. The van der Waals surface area contributed by atoms with E-state index in [1.807, 2.05) is 0 Å². The molecule has 1 N–H and O–H groups in total. The zero-order chi connectivity index (χ0) is 17.4. The minimum Gasteiger partial charge on any atom is -0.475 e. The number of carboxylic acid groups (broad SMARTS) is 1. The predicted molar refractivity (Wildman–Crippen MR) is 72.6 cm³/mol. The molecule has 0 aliphatic rings. The average Bonchev–Trinajstić information content (AvgIpc) is 2.92. The van der Waals surface area contributed by atoms with E-state index < -0.39 is 35.5 Å². The van der Waals surface area contributed by atoms with Gasteiger partial charge in [-0.05, 0) is 12.1 Å². The zero-order valence-corrected chi connectivity index (χ0v) is 12.1. The van der Waals surface area contributed by atoms with Crippen LogP contribution in [0.4, 0.5) is 19.2 Å². The molecule has 0 spiro atoms. The highest BCUT2D eigenvalue weighted by atomic mass is 35.5. The van der Waals surface area contributed by atoms with E-state index in [9.17, 15) is 22.8 Å². The molecule has 2 aromatic rings. The van der Waals surface area contributed by atoms with Crippen LogP contribution < -0.4 is 4.90 Å². The Labute approximate surface area is 132 Å². The molecule has 0 saturated heterocycles. The number of hydrogen-bond acceptors (Lipinski definition) is 4. The fourth-order valence-electron chi connectivity index (χ4n) is 1.69. The number of nitrogens with zero attached hydrogens (tertiary/aromatic N) is 2. The molecule has 0 radical (unpaired) electrons. The van der Waals surface area contributed by atoms with Gasteiger partial charge in [-0.3, -0.25) is 9.69 Å². The third-order valence-electron chi connectivity index (χ3n) is 2.77. The summed E-state index contributed by atoms with van der Waals surface area (Å²) in [5.74, 6) is -4.15. The zero-order valence-electron chi connectivity index (χ0n) is 11.4. The summed E-state index contributed by atoms with van der Waals surface area (Å²) in [6, 6.07) is 5.04. The van der Waals surface area contributed by atoms with Crippen molar-refractivity contribution in [3.05, 3.63) is 46.3 Å². The van der Waals surface area contributed by atoms with Gasteiger partial charge in [0.2, 0.25) is 5.76 Å². The maximum Gasteiger partial charge on any atom is 0.437 e. The van der Waals surface area contributed by atoms with Crippen molar-refractivity contribution in [3.63, 3.8) is 0 Å². The summed E-state index contributed by atoms with van der Waals surface area (Å²) in [4.78, 5) is 26.8. The van der Waals surface area contributed by atoms with Gasteiger partial charge in [0, 0.05) is 7.05 Å². The highest BCUT2D eigenvalue weighted by Gasteiger charge is 2.42. The largest absolute Gasteiger partial charge is 0.475 e. The smallest absolute Gasteiger partial charge is 0.437 e. The van der Waals surface area contributed by atoms with Gasteiger partial charge >= 0.3 is 18.2 Å². The molecule has 122 valence electrons. The van der Waals surface area contributed by atoms with E-state index in [-0.39, 0.29) is 10.6 Å². The monoisotopic (exact) mass is 348 g/mol. The average molecular weight is 349 g/mol. The van der Waals surface area contributed by atoms with Crippen LogP contribution in [0, 0.1) is 0 Å². The lowest BCUT2D eigenvalue weighted by Gasteiger charge is -2.13. The van der Waals surface area contributed by atoms with Gasteiger partial charge in [0.15, 0.2) is 5.69 Å². The van der Waals surface area contributed by atoms with Crippen molar-refractivity contribution >= 4 is 29.5 Å². The number of carboxylic acids is 1. The Morgan fingerprint density at radius 2 is 1.91 bits per heavy atom. The Bertz CT molecular complexity index is 773. The number of aromatic nitrogens is 1. The maximum absolute atomic E-state index is 12.8. The highest BCUT2D eigenvalue weighted by molar-refractivity contribution is 6.34. The number of halogens is 4. The molecule has 6 nitrogen and oxygen atoms in total. The van der Waals surface area contributed by atoms with Crippen molar-refractivity contribution in [2.45, 2.75) is 6.18 Å². The van der Waals surface area contributed by atoms with Gasteiger partial charge in [-0.15, -0.1) is 0 Å². The van der Waals surface area contributed by atoms with E-state index in [0.717, 1.165) is 7.05 Å². The van der Waals surface area contributed by atoms with E-state index in [0.29, 0.717) is 4.90 Å². The molecule has 0 unspecified atom stereocenters. The van der Waals surface area contributed by atoms with Gasteiger partial charge in [-0.25, -0.2) is 4.79 Å². The number of carbonyl (C=O) groups excluding carboxylic acids is 1. The molecule has 0 bridgehead atoms. The second kappa shape index (κ2) is 5.92. The van der Waals surface area contributed by atoms with Crippen LogP contribution in [-0.2, 0) is 6.18 Å². The van der Waals surface area contributed by atoms with Crippen LogP contribution in [0.3, 0.4) is 0 Å². The molecule has 2 rings (SSSR count). The number of benzene rings is 1. The van der Waals surface area contributed by atoms with Crippen molar-refractivity contribution in [1.29, 1.82) is 0 Å². The first kappa shape index (κ1) is 16.8. The van der Waals surface area contributed by atoms with Crippen molar-refractivity contribution in [3.8, 4) is 0 Å². The van der Waals surface area contributed by atoms with Gasteiger partial charge in [-0.1, -0.05) is 23.7 Å². The van der Waals surface area contributed by atoms with E-state index in [1.165, 1.54) is 18.2 Å². The van der Waals surface area contributed by atoms with Crippen LogP contribution in [0.15, 0.2) is 28.7 Å². The van der Waals surface area contributed by atoms with Crippen molar-refractivity contribution in [2.75, 3.05) is 11.9 Å². The molecule has 0 aliphatic heterocycles. The third-order valence-corrected chi connectivity index (χ3v) is 3.10. The van der Waals surface area contributed by atoms with Gasteiger partial charge in [0.05, 0.1) is 10.6 Å². The lowest BCUT2D eigenvalue weighted by molar-refractivity contribution is -0.141. The minimum atomic E-state index is -5.04. The predicted octanol–water partition coefficient (Wildman–Crippen LogP) is 3.32. The maximum atomic E-state index is 12.8. The Morgan fingerprint density at radius 1 is 1.30 bits per heavy atom. The molecule has 0 aliphatic carbocycles. The molecular formula is C13H8ClF3N2O4. The molecular weight excluding hydrogens is 341 g/mol. The Hall–Kier alpha value is -2.55. The molecule has 23 heavy (non-hydrogen) atoms. The van der Waals surface area contributed by atoms with Crippen molar-refractivity contribution < 1.29 is 32.3 Å². The molecule has 1 heterocycles. The SMILES string of the molecule is CN(C(=O)c1ccccc1Cl)c1nc(C(F)(F)F)c(C(=O)O)o1. The Morgan fingerprint density at radius 3 is 2.39 bits per heavy atom.